The van der Waals surface area contributed by atoms with Crippen molar-refractivity contribution in [3.8, 4) is 0 Å². The fourth-order valence-electron chi connectivity index (χ4n) is 2.73. The van der Waals surface area contributed by atoms with Gasteiger partial charge >= 0.3 is 0 Å². The van der Waals surface area contributed by atoms with Crippen molar-refractivity contribution >= 4 is 33.0 Å². The average Bonchev–Trinajstić information content (AvgIpc) is 2.74. The zero-order chi connectivity index (χ0) is 14.8. The molecule has 0 saturated heterocycles. The largest absolute Gasteiger partial charge is 0.293 e. The third-order valence-electron chi connectivity index (χ3n) is 3.87. The Morgan fingerprint density at radius 1 is 1.19 bits per heavy atom. The minimum atomic E-state index is -0.297. The van der Waals surface area contributed by atoms with Gasteiger partial charge < -0.3 is 0 Å². The minimum absolute atomic E-state index is 0.131. The van der Waals surface area contributed by atoms with E-state index in [0.29, 0.717) is 10.9 Å². The van der Waals surface area contributed by atoms with Crippen LogP contribution in [-0.2, 0) is 19.3 Å². The summed E-state index contributed by atoms with van der Waals surface area (Å²) in [5.74, 6) is -0.166. The lowest BCUT2D eigenvalue weighted by Gasteiger charge is -2.01. The fourth-order valence-corrected chi connectivity index (χ4v) is 4.34. The second-order valence-corrected chi connectivity index (χ2v) is 7.46. The third kappa shape index (κ3) is 3.43. The molecular formula is C17H16BrFOS. The highest BCUT2D eigenvalue weighted by Crippen LogP contribution is 2.30. The topological polar surface area (TPSA) is 17.1 Å². The molecule has 1 heterocycles. The summed E-state index contributed by atoms with van der Waals surface area (Å²) in [5, 5.41) is 0. The quantitative estimate of drug-likeness (QED) is 0.528. The maximum atomic E-state index is 13.2. The molecule has 0 radical (unpaired) electrons. The van der Waals surface area contributed by atoms with Crippen molar-refractivity contribution in [2.75, 3.05) is 0 Å². The zero-order valence-electron chi connectivity index (χ0n) is 11.6. The van der Waals surface area contributed by atoms with Gasteiger partial charge in [-0.15, -0.1) is 11.3 Å². The SMILES string of the molecule is O=C(Cc1ccc(F)c(Br)c1)c1cc2c(s1)CCCCC2. The monoisotopic (exact) mass is 366 g/mol. The van der Waals surface area contributed by atoms with Gasteiger partial charge in [-0.2, -0.15) is 0 Å². The molecule has 0 atom stereocenters. The fraction of sp³-hybridized carbons (Fsp3) is 0.353. The van der Waals surface area contributed by atoms with Crippen LogP contribution >= 0.6 is 27.3 Å². The summed E-state index contributed by atoms with van der Waals surface area (Å²) in [6.45, 7) is 0. The van der Waals surface area contributed by atoms with Gasteiger partial charge in [0.05, 0.1) is 9.35 Å². The predicted octanol–water partition coefficient (Wildman–Crippen LogP) is 5.34. The lowest BCUT2D eigenvalue weighted by Crippen LogP contribution is -2.01. The highest BCUT2D eigenvalue weighted by atomic mass is 79.9. The summed E-state index contributed by atoms with van der Waals surface area (Å²) >= 11 is 4.81. The third-order valence-corrected chi connectivity index (χ3v) is 5.76. The van der Waals surface area contributed by atoms with Crippen molar-refractivity contribution in [3.63, 3.8) is 0 Å². The number of hydrogen-bond acceptors (Lipinski definition) is 2. The molecule has 3 rings (SSSR count). The molecule has 0 fully saturated rings. The molecule has 1 nitrogen and oxygen atoms in total. The normalized spacial score (nSPS) is 14.6. The number of hydrogen-bond donors (Lipinski definition) is 0. The molecule has 1 aromatic carbocycles. The van der Waals surface area contributed by atoms with Gasteiger partial charge in [-0.25, -0.2) is 4.39 Å². The Morgan fingerprint density at radius 3 is 2.81 bits per heavy atom. The summed E-state index contributed by atoms with van der Waals surface area (Å²) in [7, 11) is 0. The zero-order valence-corrected chi connectivity index (χ0v) is 14.0. The van der Waals surface area contributed by atoms with Crippen LogP contribution in [0.4, 0.5) is 4.39 Å². The van der Waals surface area contributed by atoms with E-state index in [2.05, 4.69) is 22.0 Å². The molecule has 1 aromatic heterocycles. The molecule has 1 aliphatic rings. The Balaban J connectivity index is 1.77. The molecule has 21 heavy (non-hydrogen) atoms. The number of thiophene rings is 1. The van der Waals surface area contributed by atoms with E-state index in [4.69, 9.17) is 0 Å². The second kappa shape index (κ2) is 6.41. The van der Waals surface area contributed by atoms with Gasteiger partial charge in [0.15, 0.2) is 5.78 Å². The van der Waals surface area contributed by atoms with Crippen LogP contribution in [0.2, 0.25) is 0 Å². The van der Waals surface area contributed by atoms with Crippen molar-refractivity contribution < 1.29 is 9.18 Å². The van der Waals surface area contributed by atoms with Gasteiger partial charge in [0.2, 0.25) is 0 Å². The summed E-state index contributed by atoms with van der Waals surface area (Å²) in [4.78, 5) is 14.7. The first-order chi connectivity index (χ1) is 10.1. The van der Waals surface area contributed by atoms with Crippen LogP contribution in [-0.4, -0.2) is 5.78 Å². The van der Waals surface area contributed by atoms with Crippen LogP contribution in [0.1, 0.15) is 44.9 Å². The first-order valence-corrected chi connectivity index (χ1v) is 8.83. The van der Waals surface area contributed by atoms with E-state index in [1.165, 1.54) is 35.8 Å². The highest BCUT2D eigenvalue weighted by molar-refractivity contribution is 9.10. The molecule has 0 bridgehead atoms. The number of halogens is 2. The molecule has 2 aromatic rings. The standard InChI is InChI=1S/C17H16BrFOS/c18-13-8-11(6-7-14(13)19)9-15(20)17-10-12-4-2-1-3-5-16(12)21-17/h6-8,10H,1-5,9H2. The van der Waals surface area contributed by atoms with Crippen LogP contribution in [0.25, 0.3) is 0 Å². The Kier molecular flexibility index (Phi) is 4.55. The number of Topliss-reactive ketones (excluding diaryl/α,β-unsaturated/α-hetero) is 1. The number of carbonyl (C=O) groups is 1. The van der Waals surface area contributed by atoms with Crippen LogP contribution in [0.3, 0.4) is 0 Å². The van der Waals surface area contributed by atoms with Crippen LogP contribution in [0, 0.1) is 5.82 Å². The molecule has 0 unspecified atom stereocenters. The molecule has 0 spiro atoms. The van der Waals surface area contributed by atoms with Crippen LogP contribution in [0.5, 0.6) is 0 Å². The molecule has 0 aliphatic heterocycles. The molecule has 0 saturated carbocycles. The predicted molar refractivity (Wildman–Crippen MR) is 87.7 cm³/mol. The van der Waals surface area contributed by atoms with Gasteiger partial charge in [0.25, 0.3) is 0 Å². The smallest absolute Gasteiger partial charge is 0.177 e. The maximum Gasteiger partial charge on any atom is 0.177 e. The van der Waals surface area contributed by atoms with Gasteiger partial charge in [0, 0.05) is 11.3 Å². The molecule has 0 N–H and O–H groups in total. The number of carbonyl (C=O) groups excluding carboxylic acids is 1. The number of aryl methyl sites for hydroxylation is 2. The Hall–Kier alpha value is -1.00. The lowest BCUT2D eigenvalue weighted by molar-refractivity contribution is 0.0996. The Bertz CT molecular complexity index is 654. The van der Waals surface area contributed by atoms with Crippen molar-refractivity contribution in [3.05, 3.63) is 55.4 Å². The van der Waals surface area contributed by atoms with Crippen molar-refractivity contribution in [2.45, 2.75) is 38.5 Å². The summed E-state index contributed by atoms with van der Waals surface area (Å²) in [6, 6.07) is 6.84. The maximum absolute atomic E-state index is 13.2. The van der Waals surface area contributed by atoms with Gasteiger partial charge in [-0.1, -0.05) is 12.5 Å². The van der Waals surface area contributed by atoms with Crippen LogP contribution < -0.4 is 0 Å². The molecule has 4 heteroatoms. The van der Waals surface area contributed by atoms with Gasteiger partial charge in [-0.3, -0.25) is 4.79 Å². The van der Waals surface area contributed by atoms with E-state index in [-0.39, 0.29) is 11.6 Å². The molecule has 110 valence electrons. The van der Waals surface area contributed by atoms with E-state index >= 15 is 0 Å². The first-order valence-electron chi connectivity index (χ1n) is 7.22. The first kappa shape index (κ1) is 14.9. The molecule has 1 aliphatic carbocycles. The second-order valence-electron chi connectivity index (χ2n) is 5.47. The minimum Gasteiger partial charge on any atom is -0.293 e. The van der Waals surface area contributed by atoms with E-state index in [9.17, 15) is 9.18 Å². The van der Waals surface area contributed by atoms with Crippen molar-refractivity contribution in [2.24, 2.45) is 0 Å². The summed E-state index contributed by atoms with van der Waals surface area (Å²) in [5.41, 5.74) is 2.21. The summed E-state index contributed by atoms with van der Waals surface area (Å²) < 4.78 is 13.6. The average molecular weight is 367 g/mol. The number of rotatable bonds is 3. The van der Waals surface area contributed by atoms with Gasteiger partial charge in [0.1, 0.15) is 5.82 Å². The highest BCUT2D eigenvalue weighted by Gasteiger charge is 2.17. The van der Waals surface area contributed by atoms with Crippen molar-refractivity contribution in [1.29, 1.82) is 0 Å². The van der Waals surface area contributed by atoms with E-state index in [1.807, 2.05) is 0 Å². The van der Waals surface area contributed by atoms with E-state index in [0.717, 1.165) is 23.3 Å². The lowest BCUT2D eigenvalue weighted by atomic mass is 10.1. The Labute approximate surface area is 136 Å². The molecular weight excluding hydrogens is 351 g/mol. The van der Waals surface area contributed by atoms with E-state index in [1.54, 1.807) is 23.5 Å². The number of fused-ring (bicyclic) bond motifs is 1. The van der Waals surface area contributed by atoms with Crippen molar-refractivity contribution in [1.82, 2.24) is 0 Å². The number of benzene rings is 1. The van der Waals surface area contributed by atoms with Gasteiger partial charge in [-0.05, 0) is 70.9 Å². The number of ketones is 1. The summed E-state index contributed by atoms with van der Waals surface area (Å²) in [6.07, 6.45) is 6.28. The molecule has 0 amide bonds. The van der Waals surface area contributed by atoms with E-state index < -0.39 is 0 Å². The van der Waals surface area contributed by atoms with Crippen LogP contribution in [0.15, 0.2) is 28.7 Å². The Morgan fingerprint density at radius 2 is 2.00 bits per heavy atom.